The molecule has 1 aromatic heterocycles. The van der Waals surface area contributed by atoms with E-state index in [0.29, 0.717) is 24.0 Å². The van der Waals surface area contributed by atoms with Gasteiger partial charge < -0.3 is 10.0 Å². The molecule has 0 spiro atoms. The zero-order valence-corrected chi connectivity index (χ0v) is 11.6. The van der Waals surface area contributed by atoms with Crippen molar-refractivity contribution in [2.45, 2.75) is 13.3 Å². The Morgan fingerprint density at radius 1 is 1.24 bits per heavy atom. The van der Waals surface area contributed by atoms with Crippen LogP contribution in [0.5, 0.6) is 0 Å². The number of carbonyl (C=O) groups is 2. The minimum absolute atomic E-state index is 0.160. The average Bonchev–Trinajstić information content (AvgIpc) is 2.90. The van der Waals surface area contributed by atoms with E-state index in [2.05, 4.69) is 9.97 Å². The van der Waals surface area contributed by atoms with Crippen molar-refractivity contribution in [2.24, 2.45) is 5.41 Å². The Morgan fingerprint density at radius 3 is 2.62 bits per heavy atom. The molecule has 2 aromatic rings. The minimum Gasteiger partial charge on any atom is -0.481 e. The fraction of sp³-hybridized carbons (Fsp3) is 0.333. The van der Waals surface area contributed by atoms with Crippen molar-refractivity contribution < 1.29 is 14.7 Å². The van der Waals surface area contributed by atoms with Gasteiger partial charge in [-0.25, -0.2) is 0 Å². The maximum Gasteiger partial charge on any atom is 0.311 e. The van der Waals surface area contributed by atoms with Crippen LogP contribution in [0.1, 0.15) is 23.7 Å². The standard InChI is InChI=1S/C15H15N3O3/c1-15(14(20)21)4-7-18(9-15)13(19)10-2-3-11-12(8-10)17-6-5-16-11/h2-3,5-6,8H,4,7,9H2,1H3,(H,20,21)/t15-/m1/s1. The highest BCUT2D eigenvalue weighted by Crippen LogP contribution is 2.31. The van der Waals surface area contributed by atoms with Crippen LogP contribution < -0.4 is 0 Å². The van der Waals surface area contributed by atoms with Gasteiger partial charge in [0.05, 0.1) is 16.4 Å². The molecule has 1 N–H and O–H groups in total. The van der Waals surface area contributed by atoms with Crippen molar-refractivity contribution in [1.82, 2.24) is 14.9 Å². The van der Waals surface area contributed by atoms with E-state index in [0.717, 1.165) is 5.52 Å². The predicted octanol–water partition coefficient (Wildman–Crippen LogP) is 1.57. The number of amides is 1. The molecule has 0 unspecified atom stereocenters. The SMILES string of the molecule is C[C@@]1(C(=O)O)CCN(C(=O)c2ccc3nccnc3c2)C1. The molecule has 1 atom stereocenters. The van der Waals surface area contributed by atoms with E-state index < -0.39 is 11.4 Å². The normalized spacial score (nSPS) is 21.7. The summed E-state index contributed by atoms with van der Waals surface area (Å²) in [7, 11) is 0. The summed E-state index contributed by atoms with van der Waals surface area (Å²) in [4.78, 5) is 33.7. The van der Waals surface area contributed by atoms with Crippen LogP contribution in [-0.2, 0) is 4.79 Å². The summed E-state index contributed by atoms with van der Waals surface area (Å²) in [6.07, 6.45) is 3.65. The number of carboxylic acids is 1. The number of rotatable bonds is 2. The number of benzene rings is 1. The van der Waals surface area contributed by atoms with Crippen LogP contribution in [0.4, 0.5) is 0 Å². The first-order chi connectivity index (χ1) is 9.99. The average molecular weight is 285 g/mol. The lowest BCUT2D eigenvalue weighted by Gasteiger charge is -2.20. The topological polar surface area (TPSA) is 83.4 Å². The molecule has 0 bridgehead atoms. The van der Waals surface area contributed by atoms with Crippen LogP contribution in [0.15, 0.2) is 30.6 Å². The molecular formula is C15H15N3O3. The van der Waals surface area contributed by atoms with E-state index in [9.17, 15) is 14.7 Å². The summed E-state index contributed by atoms with van der Waals surface area (Å²) in [6.45, 7) is 2.37. The molecule has 1 amide bonds. The lowest BCUT2D eigenvalue weighted by atomic mass is 9.90. The third kappa shape index (κ3) is 2.33. The number of fused-ring (bicyclic) bond motifs is 1. The Morgan fingerprint density at radius 2 is 1.95 bits per heavy atom. The van der Waals surface area contributed by atoms with Gasteiger partial charge in [0.1, 0.15) is 0 Å². The maximum absolute atomic E-state index is 12.5. The van der Waals surface area contributed by atoms with Crippen LogP contribution in [0.2, 0.25) is 0 Å². The van der Waals surface area contributed by atoms with Crippen LogP contribution in [0.25, 0.3) is 11.0 Å². The van der Waals surface area contributed by atoms with Gasteiger partial charge in [-0.1, -0.05) is 0 Å². The van der Waals surface area contributed by atoms with Gasteiger partial charge in [-0.15, -0.1) is 0 Å². The highest BCUT2D eigenvalue weighted by atomic mass is 16.4. The van der Waals surface area contributed by atoms with Crippen LogP contribution in [0, 0.1) is 5.41 Å². The highest BCUT2D eigenvalue weighted by Gasteiger charge is 2.42. The Hall–Kier alpha value is -2.50. The fourth-order valence-electron chi connectivity index (χ4n) is 2.59. The van der Waals surface area contributed by atoms with E-state index in [1.807, 2.05) is 0 Å². The molecule has 0 saturated carbocycles. The number of hydrogen-bond donors (Lipinski definition) is 1. The third-order valence-corrected chi connectivity index (χ3v) is 3.99. The largest absolute Gasteiger partial charge is 0.481 e. The van der Waals surface area contributed by atoms with E-state index in [4.69, 9.17) is 0 Å². The second kappa shape index (κ2) is 4.80. The van der Waals surface area contributed by atoms with Crippen molar-refractivity contribution in [1.29, 1.82) is 0 Å². The Labute approximate surface area is 121 Å². The predicted molar refractivity (Wildman–Crippen MR) is 75.8 cm³/mol. The molecule has 0 aliphatic carbocycles. The molecule has 1 aromatic carbocycles. The summed E-state index contributed by atoms with van der Waals surface area (Å²) in [5.74, 6) is -1.02. The Kier molecular flexibility index (Phi) is 3.08. The molecule has 0 radical (unpaired) electrons. The van der Waals surface area contributed by atoms with Gasteiger partial charge in [0.25, 0.3) is 5.91 Å². The number of likely N-dealkylation sites (tertiary alicyclic amines) is 1. The summed E-state index contributed by atoms with van der Waals surface area (Å²) < 4.78 is 0. The molecule has 21 heavy (non-hydrogen) atoms. The zero-order chi connectivity index (χ0) is 15.0. The smallest absolute Gasteiger partial charge is 0.311 e. The molecule has 108 valence electrons. The van der Waals surface area contributed by atoms with Gasteiger partial charge >= 0.3 is 5.97 Å². The Bertz CT molecular complexity index is 731. The third-order valence-electron chi connectivity index (χ3n) is 3.99. The van der Waals surface area contributed by atoms with Gasteiger partial charge in [0, 0.05) is 31.0 Å². The van der Waals surface area contributed by atoms with Crippen molar-refractivity contribution >= 4 is 22.9 Å². The molecule has 1 fully saturated rings. The number of nitrogens with zero attached hydrogens (tertiary/aromatic N) is 3. The lowest BCUT2D eigenvalue weighted by Crippen LogP contribution is -2.34. The van der Waals surface area contributed by atoms with Gasteiger partial charge in [-0.3, -0.25) is 19.6 Å². The van der Waals surface area contributed by atoms with Crippen molar-refractivity contribution in [3.05, 3.63) is 36.2 Å². The van der Waals surface area contributed by atoms with Crippen LogP contribution in [-0.4, -0.2) is 44.9 Å². The van der Waals surface area contributed by atoms with E-state index in [1.165, 1.54) is 0 Å². The quantitative estimate of drug-likeness (QED) is 0.905. The minimum atomic E-state index is -0.859. The molecule has 6 nitrogen and oxygen atoms in total. The highest BCUT2D eigenvalue weighted by molar-refractivity contribution is 5.97. The number of aromatic nitrogens is 2. The monoisotopic (exact) mass is 285 g/mol. The second-order valence-electron chi connectivity index (χ2n) is 5.60. The van der Waals surface area contributed by atoms with Gasteiger partial charge in [0.2, 0.25) is 0 Å². The van der Waals surface area contributed by atoms with Crippen molar-refractivity contribution in [3.8, 4) is 0 Å². The summed E-state index contributed by atoms with van der Waals surface area (Å²) >= 11 is 0. The maximum atomic E-state index is 12.5. The first-order valence-corrected chi connectivity index (χ1v) is 6.73. The van der Waals surface area contributed by atoms with Crippen LogP contribution >= 0.6 is 0 Å². The summed E-state index contributed by atoms with van der Waals surface area (Å²) in [5.41, 5.74) is 1.04. The number of carbonyl (C=O) groups excluding carboxylic acids is 1. The molecular weight excluding hydrogens is 270 g/mol. The molecule has 2 heterocycles. The second-order valence-corrected chi connectivity index (χ2v) is 5.60. The zero-order valence-electron chi connectivity index (χ0n) is 11.6. The first-order valence-electron chi connectivity index (χ1n) is 6.73. The fourth-order valence-corrected chi connectivity index (χ4v) is 2.59. The van der Waals surface area contributed by atoms with Crippen molar-refractivity contribution in [2.75, 3.05) is 13.1 Å². The lowest BCUT2D eigenvalue weighted by molar-refractivity contribution is -0.147. The van der Waals surface area contributed by atoms with Gasteiger partial charge in [0.15, 0.2) is 0 Å². The molecule has 6 heteroatoms. The molecule has 1 aliphatic rings. The van der Waals surface area contributed by atoms with Crippen molar-refractivity contribution in [3.63, 3.8) is 0 Å². The summed E-state index contributed by atoms with van der Waals surface area (Å²) in [6, 6.07) is 5.15. The number of aliphatic carboxylic acids is 1. The number of hydrogen-bond acceptors (Lipinski definition) is 4. The first kappa shape index (κ1) is 13.5. The van der Waals surface area contributed by atoms with E-state index in [-0.39, 0.29) is 12.5 Å². The van der Waals surface area contributed by atoms with E-state index >= 15 is 0 Å². The molecule has 3 rings (SSSR count). The number of carboxylic acid groups (broad SMARTS) is 1. The molecule has 1 saturated heterocycles. The van der Waals surface area contributed by atoms with Gasteiger partial charge in [-0.2, -0.15) is 0 Å². The Balaban J connectivity index is 1.86. The molecule has 1 aliphatic heterocycles. The summed E-state index contributed by atoms with van der Waals surface area (Å²) in [5, 5.41) is 9.23. The van der Waals surface area contributed by atoms with Crippen LogP contribution in [0.3, 0.4) is 0 Å². The van der Waals surface area contributed by atoms with E-state index in [1.54, 1.807) is 42.4 Å². The van der Waals surface area contributed by atoms with Gasteiger partial charge in [-0.05, 0) is 31.5 Å².